The first kappa shape index (κ1) is 12.1. The van der Waals surface area contributed by atoms with Crippen LogP contribution in [-0.2, 0) is 0 Å². The Bertz CT molecular complexity index is 307. The average Bonchev–Trinajstić information content (AvgIpc) is 2.17. The van der Waals surface area contributed by atoms with Crippen molar-refractivity contribution in [2.45, 2.75) is 20.3 Å². The number of aryl methyl sites for hydroxylation is 2. The van der Waals surface area contributed by atoms with Crippen LogP contribution in [0.15, 0.2) is 18.2 Å². The van der Waals surface area contributed by atoms with Crippen molar-refractivity contribution in [1.29, 1.82) is 0 Å². The third-order valence-electron chi connectivity index (χ3n) is 2.68. The van der Waals surface area contributed by atoms with Crippen LogP contribution in [0.25, 0.3) is 0 Å². The molecule has 0 heterocycles. The van der Waals surface area contributed by atoms with E-state index in [4.69, 9.17) is 0 Å². The minimum absolute atomic E-state index is 1.08. The average molecular weight is 206 g/mol. The Hall–Kier alpha value is -1.02. The highest BCUT2D eigenvalue weighted by atomic mass is 15.1. The molecule has 0 aliphatic rings. The first-order valence-electron chi connectivity index (χ1n) is 5.58. The van der Waals surface area contributed by atoms with Gasteiger partial charge < -0.3 is 10.2 Å². The van der Waals surface area contributed by atoms with Crippen LogP contribution in [0.3, 0.4) is 0 Å². The maximum absolute atomic E-state index is 3.17. The molecule has 1 aromatic carbocycles. The number of nitrogens with zero attached hydrogens (tertiary/aromatic N) is 1. The molecule has 0 unspecified atom stereocenters. The van der Waals surface area contributed by atoms with Gasteiger partial charge in [0.1, 0.15) is 0 Å². The molecule has 84 valence electrons. The second-order valence-corrected chi connectivity index (χ2v) is 4.17. The molecule has 0 aliphatic heterocycles. The maximum atomic E-state index is 3.17. The molecule has 2 nitrogen and oxygen atoms in total. The van der Waals surface area contributed by atoms with E-state index < -0.39 is 0 Å². The van der Waals surface area contributed by atoms with Gasteiger partial charge in [0.2, 0.25) is 0 Å². The van der Waals surface area contributed by atoms with Gasteiger partial charge in [-0.25, -0.2) is 0 Å². The molecule has 0 spiro atoms. The van der Waals surface area contributed by atoms with Crippen molar-refractivity contribution >= 4 is 5.69 Å². The minimum atomic E-state index is 1.08. The largest absolute Gasteiger partial charge is 0.374 e. The van der Waals surface area contributed by atoms with Gasteiger partial charge in [0, 0.05) is 19.3 Å². The van der Waals surface area contributed by atoms with Gasteiger partial charge in [0.05, 0.1) is 0 Å². The first-order valence-corrected chi connectivity index (χ1v) is 5.58. The number of nitrogens with one attached hydrogen (secondary N) is 1. The van der Waals surface area contributed by atoms with Crippen molar-refractivity contribution in [3.63, 3.8) is 0 Å². The Morgan fingerprint density at radius 1 is 1.27 bits per heavy atom. The lowest BCUT2D eigenvalue weighted by atomic mass is 10.1. The molecule has 0 atom stereocenters. The van der Waals surface area contributed by atoms with Crippen molar-refractivity contribution < 1.29 is 0 Å². The smallest absolute Gasteiger partial charge is 0.0393 e. The third-order valence-corrected chi connectivity index (χ3v) is 2.68. The standard InChI is InChI=1S/C13H22N2/c1-11-6-7-13(12(2)10-11)15(4)9-5-8-14-3/h6-7,10,14H,5,8-9H2,1-4H3. The lowest BCUT2D eigenvalue weighted by molar-refractivity contribution is 0.712. The summed E-state index contributed by atoms with van der Waals surface area (Å²) in [6.45, 7) is 6.49. The summed E-state index contributed by atoms with van der Waals surface area (Å²) >= 11 is 0. The fourth-order valence-electron chi connectivity index (χ4n) is 1.85. The molecule has 1 rings (SSSR count). The van der Waals surface area contributed by atoms with E-state index in [-0.39, 0.29) is 0 Å². The predicted octanol–water partition coefficient (Wildman–Crippen LogP) is 2.35. The monoisotopic (exact) mass is 206 g/mol. The van der Waals surface area contributed by atoms with E-state index in [1.54, 1.807) is 0 Å². The number of hydrogen-bond acceptors (Lipinski definition) is 2. The maximum Gasteiger partial charge on any atom is 0.0393 e. The topological polar surface area (TPSA) is 15.3 Å². The molecule has 1 aromatic rings. The summed E-state index contributed by atoms with van der Waals surface area (Å²) in [5.41, 5.74) is 4.04. The van der Waals surface area contributed by atoms with E-state index in [1.807, 2.05) is 7.05 Å². The second kappa shape index (κ2) is 5.76. The van der Waals surface area contributed by atoms with Crippen molar-refractivity contribution in [3.05, 3.63) is 29.3 Å². The molecule has 0 amide bonds. The summed E-state index contributed by atoms with van der Waals surface area (Å²) in [4.78, 5) is 2.33. The number of hydrogen-bond donors (Lipinski definition) is 1. The van der Waals surface area contributed by atoms with Crippen molar-refractivity contribution in [2.24, 2.45) is 0 Å². The summed E-state index contributed by atoms with van der Waals surface area (Å²) in [6.07, 6.45) is 1.18. The fraction of sp³-hybridized carbons (Fsp3) is 0.538. The first-order chi connectivity index (χ1) is 7.15. The summed E-state index contributed by atoms with van der Waals surface area (Å²) < 4.78 is 0. The molecule has 0 bridgehead atoms. The predicted molar refractivity (Wildman–Crippen MR) is 67.7 cm³/mol. The van der Waals surface area contributed by atoms with Crippen LogP contribution in [0.4, 0.5) is 5.69 Å². The van der Waals surface area contributed by atoms with Gasteiger partial charge >= 0.3 is 0 Å². The van der Waals surface area contributed by atoms with Gasteiger partial charge in [0.15, 0.2) is 0 Å². The molecule has 15 heavy (non-hydrogen) atoms. The molecule has 0 fully saturated rings. The van der Waals surface area contributed by atoms with Crippen LogP contribution in [0.5, 0.6) is 0 Å². The quantitative estimate of drug-likeness (QED) is 0.744. The van der Waals surface area contributed by atoms with Crippen LogP contribution >= 0.6 is 0 Å². The zero-order chi connectivity index (χ0) is 11.3. The number of rotatable bonds is 5. The molecule has 0 aromatic heterocycles. The molecule has 2 heteroatoms. The summed E-state index contributed by atoms with van der Waals surface area (Å²) in [5, 5.41) is 3.17. The minimum Gasteiger partial charge on any atom is -0.374 e. The zero-order valence-electron chi connectivity index (χ0n) is 10.3. The van der Waals surface area contributed by atoms with E-state index in [1.165, 1.54) is 23.2 Å². The highest BCUT2D eigenvalue weighted by Gasteiger charge is 2.03. The molecule has 0 radical (unpaired) electrons. The molecule has 0 saturated heterocycles. The van der Waals surface area contributed by atoms with E-state index in [0.717, 1.165) is 13.1 Å². The summed E-state index contributed by atoms with van der Waals surface area (Å²) in [5.74, 6) is 0. The Kier molecular flexibility index (Phi) is 4.63. The SMILES string of the molecule is CNCCCN(C)c1ccc(C)cc1C. The molecular weight excluding hydrogens is 184 g/mol. The highest BCUT2D eigenvalue weighted by Crippen LogP contribution is 2.19. The Morgan fingerprint density at radius 2 is 2.00 bits per heavy atom. The number of benzene rings is 1. The van der Waals surface area contributed by atoms with Gasteiger partial charge in [-0.15, -0.1) is 0 Å². The van der Waals surface area contributed by atoms with Crippen LogP contribution in [-0.4, -0.2) is 27.2 Å². The summed E-state index contributed by atoms with van der Waals surface area (Å²) in [6, 6.07) is 6.63. The molecule has 0 aliphatic carbocycles. The van der Waals surface area contributed by atoms with Gasteiger partial charge in [-0.05, 0) is 45.5 Å². The third kappa shape index (κ3) is 3.56. The highest BCUT2D eigenvalue weighted by molar-refractivity contribution is 5.53. The molecule has 0 saturated carbocycles. The van der Waals surface area contributed by atoms with Crippen LogP contribution in [0, 0.1) is 13.8 Å². The zero-order valence-corrected chi connectivity index (χ0v) is 10.3. The van der Waals surface area contributed by atoms with Gasteiger partial charge in [-0.3, -0.25) is 0 Å². The summed E-state index contributed by atoms with van der Waals surface area (Å²) in [7, 11) is 4.16. The van der Waals surface area contributed by atoms with Crippen LogP contribution in [0.1, 0.15) is 17.5 Å². The van der Waals surface area contributed by atoms with Crippen molar-refractivity contribution in [3.8, 4) is 0 Å². The van der Waals surface area contributed by atoms with Gasteiger partial charge in [-0.1, -0.05) is 17.7 Å². The van der Waals surface area contributed by atoms with E-state index in [2.05, 4.69) is 49.3 Å². The number of anilines is 1. The van der Waals surface area contributed by atoms with Crippen LogP contribution < -0.4 is 10.2 Å². The van der Waals surface area contributed by atoms with Crippen LogP contribution in [0.2, 0.25) is 0 Å². The lowest BCUT2D eigenvalue weighted by Gasteiger charge is -2.21. The second-order valence-electron chi connectivity index (χ2n) is 4.17. The van der Waals surface area contributed by atoms with E-state index in [0.29, 0.717) is 0 Å². The Balaban J connectivity index is 2.61. The fourth-order valence-corrected chi connectivity index (χ4v) is 1.85. The molecule has 1 N–H and O–H groups in total. The van der Waals surface area contributed by atoms with Crippen molar-refractivity contribution in [1.82, 2.24) is 5.32 Å². The van der Waals surface area contributed by atoms with Gasteiger partial charge in [0.25, 0.3) is 0 Å². The van der Waals surface area contributed by atoms with Gasteiger partial charge in [-0.2, -0.15) is 0 Å². The lowest BCUT2D eigenvalue weighted by Crippen LogP contribution is -2.22. The Morgan fingerprint density at radius 3 is 2.60 bits per heavy atom. The van der Waals surface area contributed by atoms with Crippen molar-refractivity contribution in [2.75, 3.05) is 32.1 Å². The Labute approximate surface area is 93.3 Å². The van der Waals surface area contributed by atoms with E-state index in [9.17, 15) is 0 Å². The molecular formula is C13H22N2. The van der Waals surface area contributed by atoms with E-state index >= 15 is 0 Å². The normalized spacial score (nSPS) is 10.4.